The van der Waals surface area contributed by atoms with Crippen LogP contribution in [0.15, 0.2) is 18.7 Å². The molecule has 0 radical (unpaired) electrons. The highest BCUT2D eigenvalue weighted by Gasteiger charge is 2.37. The molecule has 0 saturated carbocycles. The molecule has 1 aromatic rings. The van der Waals surface area contributed by atoms with Crippen molar-refractivity contribution in [3.8, 4) is 0 Å². The SMILES string of the molecule is CNC1CC2CCCC(C1)N2c1cncnc1. The highest BCUT2D eigenvalue weighted by atomic mass is 15.2. The van der Waals surface area contributed by atoms with Gasteiger partial charge in [0.15, 0.2) is 0 Å². The van der Waals surface area contributed by atoms with Crippen LogP contribution >= 0.6 is 0 Å². The Hall–Kier alpha value is -1.16. The van der Waals surface area contributed by atoms with Gasteiger partial charge >= 0.3 is 0 Å². The van der Waals surface area contributed by atoms with Crippen LogP contribution in [-0.2, 0) is 0 Å². The van der Waals surface area contributed by atoms with Crippen molar-refractivity contribution in [3.05, 3.63) is 18.7 Å². The topological polar surface area (TPSA) is 41.0 Å². The van der Waals surface area contributed by atoms with Gasteiger partial charge in [-0.15, -0.1) is 0 Å². The van der Waals surface area contributed by atoms with E-state index in [-0.39, 0.29) is 0 Å². The lowest BCUT2D eigenvalue weighted by Crippen LogP contribution is -2.56. The van der Waals surface area contributed by atoms with Gasteiger partial charge in [-0.3, -0.25) is 0 Å². The van der Waals surface area contributed by atoms with Gasteiger partial charge in [-0.1, -0.05) is 0 Å². The molecule has 1 aromatic heterocycles. The Morgan fingerprint density at radius 1 is 1.18 bits per heavy atom. The van der Waals surface area contributed by atoms with Crippen molar-refractivity contribution in [2.75, 3.05) is 11.9 Å². The Bertz CT molecular complexity index is 353. The van der Waals surface area contributed by atoms with Gasteiger partial charge in [-0.25, -0.2) is 9.97 Å². The van der Waals surface area contributed by atoms with Crippen molar-refractivity contribution in [2.24, 2.45) is 0 Å². The molecule has 3 heterocycles. The molecule has 2 aliphatic heterocycles. The smallest absolute Gasteiger partial charge is 0.115 e. The van der Waals surface area contributed by atoms with Gasteiger partial charge in [0.05, 0.1) is 18.1 Å². The molecule has 0 amide bonds. The molecule has 1 N–H and O–H groups in total. The number of fused-ring (bicyclic) bond motifs is 2. The van der Waals surface area contributed by atoms with Crippen molar-refractivity contribution in [1.29, 1.82) is 0 Å². The summed E-state index contributed by atoms with van der Waals surface area (Å²) in [7, 11) is 2.09. The predicted molar refractivity (Wildman–Crippen MR) is 68.0 cm³/mol. The Kier molecular flexibility index (Phi) is 2.97. The van der Waals surface area contributed by atoms with E-state index in [2.05, 4.69) is 27.2 Å². The van der Waals surface area contributed by atoms with Gasteiger partial charge < -0.3 is 10.2 Å². The molecule has 4 heteroatoms. The standard InChI is InChI=1S/C13H20N4/c1-14-10-5-11-3-2-4-12(6-10)17(11)13-7-15-9-16-8-13/h7-12,14H,2-6H2,1H3. The lowest BCUT2D eigenvalue weighted by atomic mass is 9.81. The molecule has 0 aromatic carbocycles. The number of nitrogens with one attached hydrogen (secondary N) is 1. The molecule has 0 spiro atoms. The summed E-state index contributed by atoms with van der Waals surface area (Å²) in [5.41, 5.74) is 1.21. The molecule has 2 bridgehead atoms. The molecule has 17 heavy (non-hydrogen) atoms. The van der Waals surface area contributed by atoms with Crippen LogP contribution in [0.3, 0.4) is 0 Å². The zero-order valence-electron chi connectivity index (χ0n) is 10.3. The minimum absolute atomic E-state index is 0.672. The van der Waals surface area contributed by atoms with Gasteiger partial charge in [0.1, 0.15) is 6.33 Å². The first-order valence-electron chi connectivity index (χ1n) is 6.59. The second-order valence-corrected chi connectivity index (χ2v) is 5.20. The second kappa shape index (κ2) is 4.61. The van der Waals surface area contributed by atoms with E-state index in [1.165, 1.54) is 37.8 Å². The summed E-state index contributed by atoms with van der Waals surface area (Å²) in [6, 6.07) is 2.03. The minimum Gasteiger partial charge on any atom is -0.363 e. The van der Waals surface area contributed by atoms with E-state index in [9.17, 15) is 0 Å². The highest BCUT2D eigenvalue weighted by Crippen LogP contribution is 2.36. The fourth-order valence-electron chi connectivity index (χ4n) is 3.46. The van der Waals surface area contributed by atoms with Gasteiger partial charge in [-0.2, -0.15) is 0 Å². The molecule has 3 rings (SSSR count). The van der Waals surface area contributed by atoms with E-state index in [1.54, 1.807) is 6.33 Å². The summed E-state index contributed by atoms with van der Waals surface area (Å²) < 4.78 is 0. The molecule has 4 nitrogen and oxygen atoms in total. The second-order valence-electron chi connectivity index (χ2n) is 5.20. The molecule has 2 aliphatic rings. The van der Waals surface area contributed by atoms with Crippen LogP contribution in [0, 0.1) is 0 Å². The number of hydrogen-bond donors (Lipinski definition) is 1. The highest BCUT2D eigenvalue weighted by molar-refractivity contribution is 5.45. The Labute approximate surface area is 102 Å². The summed E-state index contributed by atoms with van der Waals surface area (Å²) in [5, 5.41) is 3.45. The van der Waals surface area contributed by atoms with E-state index in [1.807, 2.05) is 12.4 Å². The van der Waals surface area contributed by atoms with Gasteiger partial charge in [0, 0.05) is 18.1 Å². The molecule has 2 unspecified atom stereocenters. The molecule has 2 atom stereocenters. The molecule has 92 valence electrons. The summed E-state index contributed by atoms with van der Waals surface area (Å²) in [4.78, 5) is 10.9. The summed E-state index contributed by atoms with van der Waals surface area (Å²) in [5.74, 6) is 0. The number of hydrogen-bond acceptors (Lipinski definition) is 4. The average Bonchev–Trinajstić information content (AvgIpc) is 2.38. The van der Waals surface area contributed by atoms with E-state index in [4.69, 9.17) is 0 Å². The molecule has 0 aliphatic carbocycles. The summed E-state index contributed by atoms with van der Waals surface area (Å²) in [6.45, 7) is 0. The quantitative estimate of drug-likeness (QED) is 0.840. The van der Waals surface area contributed by atoms with Crippen molar-refractivity contribution in [1.82, 2.24) is 15.3 Å². The molecular weight excluding hydrogens is 212 g/mol. The third-order valence-corrected chi connectivity index (χ3v) is 4.23. The van der Waals surface area contributed by atoms with Crippen molar-refractivity contribution in [2.45, 2.75) is 50.2 Å². The van der Waals surface area contributed by atoms with E-state index >= 15 is 0 Å². The maximum absolute atomic E-state index is 4.16. The van der Waals surface area contributed by atoms with Crippen molar-refractivity contribution in [3.63, 3.8) is 0 Å². The minimum atomic E-state index is 0.672. The maximum atomic E-state index is 4.16. The third kappa shape index (κ3) is 2.02. The zero-order valence-corrected chi connectivity index (χ0v) is 10.3. The van der Waals surface area contributed by atoms with E-state index in [0.717, 1.165) is 0 Å². The van der Waals surface area contributed by atoms with Crippen molar-refractivity contribution < 1.29 is 0 Å². The molecular formula is C13H20N4. The van der Waals surface area contributed by atoms with Gasteiger partial charge in [0.25, 0.3) is 0 Å². The van der Waals surface area contributed by atoms with Crippen LogP contribution in [0.1, 0.15) is 32.1 Å². The number of nitrogens with zero attached hydrogens (tertiary/aromatic N) is 3. The van der Waals surface area contributed by atoms with Crippen LogP contribution in [0.2, 0.25) is 0 Å². The number of anilines is 1. The first-order valence-corrected chi connectivity index (χ1v) is 6.59. The Morgan fingerprint density at radius 2 is 1.82 bits per heavy atom. The fraction of sp³-hybridized carbons (Fsp3) is 0.692. The lowest BCUT2D eigenvalue weighted by Gasteiger charge is -2.50. The summed E-state index contributed by atoms with van der Waals surface area (Å²) >= 11 is 0. The number of aromatic nitrogens is 2. The van der Waals surface area contributed by atoms with Gasteiger partial charge in [0.2, 0.25) is 0 Å². The van der Waals surface area contributed by atoms with Crippen LogP contribution < -0.4 is 10.2 Å². The molecule has 2 saturated heterocycles. The normalized spacial score (nSPS) is 32.5. The predicted octanol–water partition coefficient (Wildman–Crippen LogP) is 1.59. The first-order chi connectivity index (χ1) is 8.38. The largest absolute Gasteiger partial charge is 0.363 e. The van der Waals surface area contributed by atoms with Gasteiger partial charge in [-0.05, 0) is 39.2 Å². The summed E-state index contributed by atoms with van der Waals surface area (Å²) in [6.07, 6.45) is 12.0. The first kappa shape index (κ1) is 11.0. The lowest BCUT2D eigenvalue weighted by molar-refractivity contribution is 0.252. The maximum Gasteiger partial charge on any atom is 0.115 e. The van der Waals surface area contributed by atoms with E-state index < -0.39 is 0 Å². The van der Waals surface area contributed by atoms with Crippen molar-refractivity contribution >= 4 is 5.69 Å². The average molecular weight is 232 g/mol. The Morgan fingerprint density at radius 3 is 2.41 bits per heavy atom. The van der Waals surface area contributed by atoms with Crippen LogP contribution in [-0.4, -0.2) is 35.1 Å². The number of rotatable bonds is 2. The Balaban J connectivity index is 1.85. The fourth-order valence-corrected chi connectivity index (χ4v) is 3.46. The zero-order chi connectivity index (χ0) is 11.7. The van der Waals surface area contributed by atoms with Crippen LogP contribution in [0.5, 0.6) is 0 Å². The molecule has 2 fully saturated rings. The third-order valence-electron chi connectivity index (χ3n) is 4.23. The monoisotopic (exact) mass is 232 g/mol. The van der Waals surface area contributed by atoms with E-state index in [0.29, 0.717) is 18.1 Å². The van der Waals surface area contributed by atoms with Crippen LogP contribution in [0.25, 0.3) is 0 Å². The number of piperidine rings is 2. The van der Waals surface area contributed by atoms with Crippen LogP contribution in [0.4, 0.5) is 5.69 Å².